The normalized spacial score (nSPS) is 18.2. The highest BCUT2D eigenvalue weighted by Gasteiger charge is 2.32. The van der Waals surface area contributed by atoms with Gasteiger partial charge in [0, 0.05) is 17.0 Å². The summed E-state index contributed by atoms with van der Waals surface area (Å²) in [6.45, 7) is 7.80. The van der Waals surface area contributed by atoms with Crippen molar-refractivity contribution in [3.05, 3.63) is 39.8 Å². The highest BCUT2D eigenvalue weighted by atomic mass is 32.2. The Kier molecular flexibility index (Phi) is 4.55. The zero-order valence-corrected chi connectivity index (χ0v) is 16.3. The zero-order valence-electron chi connectivity index (χ0n) is 14.7. The first-order chi connectivity index (χ1) is 11.6. The quantitative estimate of drug-likeness (QED) is 0.884. The number of nitrogens with zero attached hydrogens (tertiary/aromatic N) is 1. The first-order valence-corrected chi connectivity index (χ1v) is 10.5. The Hall–Kier alpha value is -1.64. The molecular formula is C17H22N2O4S2. The minimum Gasteiger partial charge on any atom is -0.438 e. The number of amides is 1. The first-order valence-electron chi connectivity index (χ1n) is 8.09. The maximum absolute atomic E-state index is 12.8. The molecule has 0 saturated carbocycles. The maximum Gasteiger partial charge on any atom is 0.290 e. The summed E-state index contributed by atoms with van der Waals surface area (Å²) >= 11 is 1.70. The largest absolute Gasteiger partial charge is 0.438 e. The number of hydrogen-bond acceptors (Lipinski definition) is 5. The monoisotopic (exact) mass is 382 g/mol. The van der Waals surface area contributed by atoms with Gasteiger partial charge in [-0.05, 0) is 63.3 Å². The Bertz CT molecular complexity index is 890. The standard InChI is InChI=1S/C17H22N2O4S2/c1-11-12-8-10-24-14(12)7-9-19(11)16(20)13-5-6-15(23-13)25(21,22)18-17(2,3)4/h5-6,8,10-11,18H,7,9H2,1-4H3. The second-order valence-corrected chi connectivity index (χ2v) is 9.81. The molecule has 0 aliphatic carbocycles. The molecule has 1 aliphatic heterocycles. The van der Waals surface area contributed by atoms with E-state index >= 15 is 0 Å². The molecule has 3 heterocycles. The SMILES string of the molecule is CC1c2ccsc2CCN1C(=O)c1ccc(S(=O)(=O)NC(C)(C)C)o1. The summed E-state index contributed by atoms with van der Waals surface area (Å²) in [5.74, 6) is -0.249. The van der Waals surface area contributed by atoms with Crippen LogP contribution in [0.4, 0.5) is 0 Å². The van der Waals surface area contributed by atoms with Gasteiger partial charge in [0.05, 0.1) is 6.04 Å². The summed E-state index contributed by atoms with van der Waals surface area (Å²) in [4.78, 5) is 15.8. The van der Waals surface area contributed by atoms with E-state index in [1.807, 2.05) is 18.4 Å². The molecule has 1 amide bonds. The van der Waals surface area contributed by atoms with Gasteiger partial charge in [0.15, 0.2) is 5.76 Å². The molecule has 0 saturated heterocycles. The lowest BCUT2D eigenvalue weighted by atomic mass is 10.0. The van der Waals surface area contributed by atoms with Crippen molar-refractivity contribution in [3.8, 4) is 0 Å². The van der Waals surface area contributed by atoms with E-state index < -0.39 is 15.6 Å². The third-order valence-corrected chi connectivity index (χ3v) is 6.66. The number of furan rings is 1. The summed E-state index contributed by atoms with van der Waals surface area (Å²) in [6.07, 6.45) is 0.806. The molecule has 0 bridgehead atoms. The summed E-state index contributed by atoms with van der Waals surface area (Å²) < 4.78 is 32.6. The van der Waals surface area contributed by atoms with Gasteiger partial charge in [0.1, 0.15) is 0 Å². The van der Waals surface area contributed by atoms with E-state index in [4.69, 9.17) is 4.42 Å². The lowest BCUT2D eigenvalue weighted by molar-refractivity contribution is 0.0640. The summed E-state index contributed by atoms with van der Waals surface area (Å²) in [5, 5.41) is 1.79. The van der Waals surface area contributed by atoms with Crippen LogP contribution in [0.15, 0.2) is 33.1 Å². The van der Waals surface area contributed by atoms with E-state index in [9.17, 15) is 13.2 Å². The topological polar surface area (TPSA) is 79.6 Å². The molecule has 1 aliphatic rings. The molecule has 8 heteroatoms. The summed E-state index contributed by atoms with van der Waals surface area (Å²) in [6, 6.07) is 4.73. The van der Waals surface area contributed by atoms with Crippen LogP contribution < -0.4 is 4.72 Å². The van der Waals surface area contributed by atoms with Crippen molar-refractivity contribution in [1.82, 2.24) is 9.62 Å². The van der Waals surface area contributed by atoms with Crippen LogP contribution in [-0.4, -0.2) is 31.3 Å². The Labute approximate surface area is 151 Å². The molecule has 136 valence electrons. The fraction of sp³-hybridized carbons (Fsp3) is 0.471. The van der Waals surface area contributed by atoms with Gasteiger partial charge in [-0.15, -0.1) is 11.3 Å². The van der Waals surface area contributed by atoms with Crippen LogP contribution in [0.5, 0.6) is 0 Å². The number of sulfonamides is 1. The molecule has 3 rings (SSSR count). The van der Waals surface area contributed by atoms with Crippen molar-refractivity contribution in [1.29, 1.82) is 0 Å². The van der Waals surface area contributed by atoms with Crippen LogP contribution in [-0.2, 0) is 16.4 Å². The summed E-state index contributed by atoms with van der Waals surface area (Å²) in [7, 11) is -3.80. The zero-order chi connectivity index (χ0) is 18.4. The second-order valence-electron chi connectivity index (χ2n) is 7.20. The smallest absolute Gasteiger partial charge is 0.290 e. The van der Waals surface area contributed by atoms with Crippen LogP contribution >= 0.6 is 11.3 Å². The second kappa shape index (κ2) is 6.26. The van der Waals surface area contributed by atoms with Gasteiger partial charge in [-0.25, -0.2) is 13.1 Å². The highest BCUT2D eigenvalue weighted by Crippen LogP contribution is 2.34. The highest BCUT2D eigenvalue weighted by molar-refractivity contribution is 7.89. The van der Waals surface area contributed by atoms with E-state index in [0.29, 0.717) is 6.54 Å². The fourth-order valence-corrected chi connectivity index (χ4v) is 5.28. The van der Waals surface area contributed by atoms with Crippen LogP contribution in [0.3, 0.4) is 0 Å². The molecule has 25 heavy (non-hydrogen) atoms. The third-order valence-electron chi connectivity index (χ3n) is 4.04. The lowest BCUT2D eigenvalue weighted by Crippen LogP contribution is -2.40. The van der Waals surface area contributed by atoms with Gasteiger partial charge in [-0.1, -0.05) is 0 Å². The van der Waals surface area contributed by atoms with Crippen LogP contribution in [0.1, 0.15) is 54.7 Å². The van der Waals surface area contributed by atoms with E-state index in [2.05, 4.69) is 4.72 Å². The molecule has 1 N–H and O–H groups in total. The Morgan fingerprint density at radius 1 is 1.32 bits per heavy atom. The predicted molar refractivity (Wildman–Crippen MR) is 96.3 cm³/mol. The molecule has 1 unspecified atom stereocenters. The van der Waals surface area contributed by atoms with Crippen molar-refractivity contribution in [2.75, 3.05) is 6.54 Å². The van der Waals surface area contributed by atoms with Crippen molar-refractivity contribution in [2.24, 2.45) is 0 Å². The number of nitrogens with one attached hydrogen (secondary N) is 1. The molecule has 2 aromatic heterocycles. The lowest BCUT2D eigenvalue weighted by Gasteiger charge is -2.33. The molecule has 6 nitrogen and oxygen atoms in total. The van der Waals surface area contributed by atoms with Gasteiger partial charge >= 0.3 is 0 Å². The molecule has 0 spiro atoms. The number of rotatable bonds is 3. The first kappa shape index (κ1) is 18.2. The average molecular weight is 383 g/mol. The van der Waals surface area contributed by atoms with Crippen LogP contribution in [0.2, 0.25) is 0 Å². The van der Waals surface area contributed by atoms with Crippen molar-refractivity contribution < 1.29 is 17.6 Å². The van der Waals surface area contributed by atoms with Gasteiger partial charge in [-0.2, -0.15) is 0 Å². The number of fused-ring (bicyclic) bond motifs is 1. The molecule has 0 aromatic carbocycles. The minimum atomic E-state index is -3.80. The van der Waals surface area contributed by atoms with Crippen LogP contribution in [0.25, 0.3) is 0 Å². The maximum atomic E-state index is 12.8. The van der Waals surface area contributed by atoms with E-state index in [-0.39, 0.29) is 22.8 Å². The Balaban J connectivity index is 1.82. The Morgan fingerprint density at radius 2 is 2.04 bits per heavy atom. The molecule has 0 fully saturated rings. The molecule has 2 aromatic rings. The number of hydrogen-bond donors (Lipinski definition) is 1. The number of carbonyl (C=O) groups is 1. The fourth-order valence-electron chi connectivity index (χ4n) is 2.96. The van der Waals surface area contributed by atoms with E-state index in [1.54, 1.807) is 37.0 Å². The van der Waals surface area contributed by atoms with Crippen LogP contribution in [0, 0.1) is 0 Å². The Morgan fingerprint density at radius 3 is 2.72 bits per heavy atom. The van der Waals surface area contributed by atoms with Crippen molar-refractivity contribution in [2.45, 2.75) is 50.8 Å². The van der Waals surface area contributed by atoms with E-state index in [0.717, 1.165) is 12.0 Å². The minimum absolute atomic E-state index is 0.0415. The number of carbonyl (C=O) groups excluding carboxylic acids is 1. The van der Waals surface area contributed by atoms with Gasteiger partial charge in [0.2, 0.25) is 5.09 Å². The van der Waals surface area contributed by atoms with Crippen molar-refractivity contribution in [3.63, 3.8) is 0 Å². The summed E-state index contributed by atoms with van der Waals surface area (Å²) in [5.41, 5.74) is 0.519. The van der Waals surface area contributed by atoms with Crippen molar-refractivity contribution >= 4 is 27.3 Å². The van der Waals surface area contributed by atoms with E-state index in [1.165, 1.54) is 17.0 Å². The molecule has 1 atom stereocenters. The molecular weight excluding hydrogens is 360 g/mol. The van der Waals surface area contributed by atoms with Gasteiger partial charge < -0.3 is 9.32 Å². The average Bonchev–Trinajstić information content (AvgIpc) is 3.14. The number of thiophene rings is 1. The predicted octanol–water partition coefficient (Wildman–Crippen LogP) is 3.18. The van der Waals surface area contributed by atoms with Gasteiger partial charge in [0.25, 0.3) is 15.9 Å². The molecule has 0 radical (unpaired) electrons. The third kappa shape index (κ3) is 3.65. The van der Waals surface area contributed by atoms with Gasteiger partial charge in [-0.3, -0.25) is 4.79 Å².